The smallest absolute Gasteiger partial charge is 0.412 e. The Morgan fingerprint density at radius 2 is 1.32 bits per heavy atom. The van der Waals surface area contributed by atoms with Crippen LogP contribution in [0.15, 0.2) is 103 Å². The third-order valence-electron chi connectivity index (χ3n) is 13.3. The number of amides is 6. The molecule has 6 amide bonds. The van der Waals surface area contributed by atoms with E-state index >= 15 is 0 Å². The number of nitrogens with one attached hydrogen (secondary N) is 4. The van der Waals surface area contributed by atoms with Gasteiger partial charge in [-0.15, -0.1) is 0 Å². The van der Waals surface area contributed by atoms with Crippen molar-refractivity contribution < 1.29 is 57.2 Å². The highest BCUT2D eigenvalue weighted by Gasteiger charge is 2.45. The number of hydrogen-bond acceptors (Lipinski definition) is 16. The highest BCUT2D eigenvalue weighted by molar-refractivity contribution is 8.76. The van der Waals surface area contributed by atoms with Gasteiger partial charge in [0.1, 0.15) is 34.4 Å². The van der Waals surface area contributed by atoms with E-state index in [4.69, 9.17) is 29.4 Å². The Labute approximate surface area is 475 Å². The number of carbonyl (C=O) groups is 7. The number of nitrogen functional groups attached to an aromatic ring is 1. The van der Waals surface area contributed by atoms with Gasteiger partial charge in [-0.05, 0) is 78.9 Å². The number of methoxy groups -OCH3 is 2. The van der Waals surface area contributed by atoms with E-state index in [1.807, 2.05) is 18.2 Å². The molecule has 2 atom stereocenters. The first-order valence-electron chi connectivity index (χ1n) is 25.7. The second-order valence-electron chi connectivity index (χ2n) is 19.1. The van der Waals surface area contributed by atoms with Crippen molar-refractivity contribution in [3.63, 3.8) is 0 Å². The number of hydrogen-bond donors (Lipinski definition) is 5. The fourth-order valence-corrected chi connectivity index (χ4v) is 11.0. The van der Waals surface area contributed by atoms with Crippen LogP contribution in [0.5, 0.6) is 11.5 Å². The Kier molecular flexibility index (Phi) is 19.2. The molecule has 1 unspecified atom stereocenters. The molecule has 2 aliphatic heterocycles. The average Bonchev–Trinajstić information content (AvgIpc) is 4.38. The van der Waals surface area contributed by atoms with Gasteiger partial charge in [-0.1, -0.05) is 29.0 Å². The van der Waals surface area contributed by atoms with Crippen molar-refractivity contribution >= 4 is 91.6 Å². The monoisotopic (exact) mass is 1150 g/mol. The summed E-state index contributed by atoms with van der Waals surface area (Å²) >= 11 is 0. The van der Waals surface area contributed by atoms with Gasteiger partial charge in [-0.3, -0.25) is 28.9 Å². The molecular formula is C55H64N12O12S2. The number of rotatable bonds is 23. The van der Waals surface area contributed by atoms with Crippen LogP contribution in [0, 0.1) is 0 Å². The minimum Gasteiger partial charge on any atom is -0.493 e. The van der Waals surface area contributed by atoms with Gasteiger partial charge in [-0.25, -0.2) is 14.6 Å². The number of unbranched alkanes of at least 4 members (excludes halogenated alkanes) is 2. The van der Waals surface area contributed by atoms with Gasteiger partial charge in [0.25, 0.3) is 23.6 Å². The van der Waals surface area contributed by atoms with E-state index in [1.165, 1.54) is 63.5 Å². The summed E-state index contributed by atoms with van der Waals surface area (Å²) < 4.78 is 34.3. The van der Waals surface area contributed by atoms with E-state index in [0.29, 0.717) is 78.8 Å². The molecule has 0 spiro atoms. The summed E-state index contributed by atoms with van der Waals surface area (Å²) in [7, 11) is 12.4. The topological polar surface area (TPSA) is 279 Å². The number of nitrogens with zero attached hydrogens (tertiary/aromatic N) is 7. The summed E-state index contributed by atoms with van der Waals surface area (Å²) in [6.07, 6.45) is 9.27. The quantitative estimate of drug-likeness (QED) is 0.0140. The van der Waals surface area contributed by atoms with Crippen molar-refractivity contribution in [3.05, 3.63) is 126 Å². The molecule has 2 aliphatic rings. The number of ether oxygens (including phenoxy) is 5. The lowest BCUT2D eigenvalue weighted by Crippen LogP contribution is -2.51. The number of nitrogens with two attached hydrogens (primary N) is 1. The molecule has 2 fully saturated rings. The molecule has 26 heteroatoms. The lowest BCUT2D eigenvalue weighted by Gasteiger charge is -2.33. The maximum Gasteiger partial charge on any atom is 0.412 e. The minimum absolute atomic E-state index is 0.179. The SMILES string of the molecule is C=C1C[C@@H](C2OCCN2C(=O)OCCSSc2ccccn2)N(C(=O)c2cc(OC)c(OCCCCCC(=O)Nc3cc(C(=O)Nc4cc(C(=O)Nc5cc(C(=O)Nc6cc(C(=O)OC)n(C)c6)n(C)c5)n(C)c4)n(C)c3)cc2N)C1. The second-order valence-corrected chi connectivity index (χ2v) is 21.6. The predicted molar refractivity (Wildman–Crippen MR) is 306 cm³/mol. The van der Waals surface area contributed by atoms with Crippen molar-refractivity contribution in [2.24, 2.45) is 28.2 Å². The summed E-state index contributed by atoms with van der Waals surface area (Å²) in [4.78, 5) is 99.8. The molecule has 6 N–H and O–H groups in total. The molecule has 6 aromatic rings. The van der Waals surface area contributed by atoms with Gasteiger partial charge in [0.2, 0.25) is 5.91 Å². The van der Waals surface area contributed by atoms with E-state index in [0.717, 1.165) is 10.6 Å². The number of pyridine rings is 1. The van der Waals surface area contributed by atoms with Crippen molar-refractivity contribution in [3.8, 4) is 11.5 Å². The first kappa shape index (κ1) is 58.5. The maximum absolute atomic E-state index is 14.2. The van der Waals surface area contributed by atoms with E-state index in [2.05, 4.69) is 32.8 Å². The van der Waals surface area contributed by atoms with Crippen LogP contribution in [0.2, 0.25) is 0 Å². The van der Waals surface area contributed by atoms with Crippen LogP contribution in [0.3, 0.4) is 0 Å². The Morgan fingerprint density at radius 3 is 1.90 bits per heavy atom. The van der Waals surface area contributed by atoms with Crippen LogP contribution in [0.1, 0.15) is 84.4 Å². The number of esters is 1. The van der Waals surface area contributed by atoms with Gasteiger partial charge in [0, 0.05) is 89.6 Å². The first-order valence-corrected chi connectivity index (χ1v) is 28.0. The third kappa shape index (κ3) is 14.4. The number of aryl methyl sites for hydroxylation is 4. The summed E-state index contributed by atoms with van der Waals surface area (Å²) in [6.45, 7) is 5.47. The van der Waals surface area contributed by atoms with E-state index in [-0.39, 0.29) is 72.0 Å². The summed E-state index contributed by atoms with van der Waals surface area (Å²) in [5.74, 6) is -1.38. The van der Waals surface area contributed by atoms with Crippen molar-refractivity contribution in [1.29, 1.82) is 0 Å². The Morgan fingerprint density at radius 1 is 0.728 bits per heavy atom. The fraction of sp³-hybridized carbons (Fsp3) is 0.345. The van der Waals surface area contributed by atoms with Gasteiger partial charge in [-0.2, -0.15) is 0 Å². The van der Waals surface area contributed by atoms with Crippen molar-refractivity contribution in [2.75, 3.05) is 79.9 Å². The predicted octanol–water partition coefficient (Wildman–Crippen LogP) is 7.15. The first-order chi connectivity index (χ1) is 38.9. The Hall–Kier alpha value is -8.62. The standard InChI is InChI=1S/C55H64N12O12S2/c1-33-21-43(53-66(16-18-78-53)55(74)79-19-20-80-81-48-14-10-11-15-57-48)67(28-33)52(72)38-26-45(75-6)46(27-39(38)56)77-17-12-8-9-13-47(68)58-34-22-40(62(2)29-34)49(69)59-35-23-41(63(3)30-35)50(70)60-36-24-42(64(4)31-36)51(71)61-37-25-44(54(73)76-7)65(5)32-37/h10-11,14-15,22-27,29-32,43,53H,1,8-9,12-13,16-21,28,56H2,2-7H3,(H,58,68)(H,59,69)(H,60,70)(H,61,71)/t43-,53?/m0/s1. The molecule has 81 heavy (non-hydrogen) atoms. The van der Waals surface area contributed by atoms with Gasteiger partial charge in [0.05, 0.1) is 68.3 Å². The molecule has 5 aromatic heterocycles. The second kappa shape index (κ2) is 26.6. The van der Waals surface area contributed by atoms with Crippen molar-refractivity contribution in [2.45, 2.75) is 49.4 Å². The van der Waals surface area contributed by atoms with Crippen LogP contribution in [0.4, 0.5) is 33.2 Å². The summed E-state index contributed by atoms with van der Waals surface area (Å²) in [5, 5.41) is 12.1. The molecule has 0 bridgehead atoms. The van der Waals surface area contributed by atoms with E-state index in [1.54, 1.807) is 96.0 Å². The fourth-order valence-electron chi connectivity index (χ4n) is 9.31. The molecule has 2 saturated heterocycles. The zero-order chi connectivity index (χ0) is 57.9. The number of aromatic nitrogens is 5. The van der Waals surface area contributed by atoms with Gasteiger partial charge < -0.3 is 73.9 Å². The number of anilines is 5. The lowest BCUT2D eigenvalue weighted by molar-refractivity contribution is -0.116. The normalized spacial score (nSPS) is 14.9. The highest BCUT2D eigenvalue weighted by Crippen LogP contribution is 2.37. The van der Waals surface area contributed by atoms with Crippen LogP contribution in [-0.2, 0) is 47.2 Å². The van der Waals surface area contributed by atoms with E-state index < -0.39 is 42.1 Å². The molecule has 7 heterocycles. The van der Waals surface area contributed by atoms with Gasteiger partial charge >= 0.3 is 12.1 Å². The third-order valence-corrected chi connectivity index (χ3v) is 15.5. The number of likely N-dealkylation sites (tertiary alicyclic amines) is 1. The number of carbonyl (C=O) groups excluding carboxylic acids is 7. The molecule has 0 saturated carbocycles. The molecule has 8 rings (SSSR count). The lowest BCUT2D eigenvalue weighted by atomic mass is 10.1. The van der Waals surface area contributed by atoms with Gasteiger partial charge in [0.15, 0.2) is 17.7 Å². The zero-order valence-corrected chi connectivity index (χ0v) is 47.3. The molecule has 428 valence electrons. The Bertz CT molecular complexity index is 3330. The van der Waals surface area contributed by atoms with Crippen LogP contribution < -0.4 is 36.5 Å². The minimum atomic E-state index is -0.737. The largest absolute Gasteiger partial charge is 0.493 e. The van der Waals surface area contributed by atoms with Crippen molar-refractivity contribution in [1.82, 2.24) is 33.1 Å². The zero-order valence-electron chi connectivity index (χ0n) is 45.6. The summed E-state index contributed by atoms with van der Waals surface area (Å²) in [5.41, 5.74) is 10.2. The molecule has 24 nitrogen and oxygen atoms in total. The van der Waals surface area contributed by atoms with E-state index in [9.17, 15) is 33.6 Å². The molecule has 0 radical (unpaired) electrons. The maximum atomic E-state index is 14.2. The number of benzene rings is 1. The summed E-state index contributed by atoms with van der Waals surface area (Å²) in [6, 6.07) is 14.3. The average molecular weight is 1150 g/mol. The molecule has 1 aromatic carbocycles. The van der Waals surface area contributed by atoms with Crippen LogP contribution in [-0.4, -0.2) is 140 Å². The van der Waals surface area contributed by atoms with Crippen LogP contribution in [0.25, 0.3) is 0 Å². The Balaban J connectivity index is 0.759. The van der Waals surface area contributed by atoms with Crippen LogP contribution >= 0.6 is 21.6 Å². The molecule has 0 aliphatic carbocycles. The highest BCUT2D eigenvalue weighted by atomic mass is 33.1. The molecular weight excluding hydrogens is 1080 g/mol.